The van der Waals surface area contributed by atoms with Crippen molar-refractivity contribution in [2.75, 3.05) is 13.1 Å². The first-order valence-corrected chi connectivity index (χ1v) is 12.3. The van der Waals surface area contributed by atoms with Crippen molar-refractivity contribution in [2.45, 2.75) is 89.5 Å². The van der Waals surface area contributed by atoms with Gasteiger partial charge in [0.1, 0.15) is 0 Å². The van der Waals surface area contributed by atoms with Gasteiger partial charge in [-0.2, -0.15) is 0 Å². The van der Waals surface area contributed by atoms with E-state index in [0.717, 1.165) is 37.9 Å². The Balaban J connectivity index is 0.00000256. The number of carbonyl (C=O) groups is 1. The summed E-state index contributed by atoms with van der Waals surface area (Å²) < 4.78 is 0. The average Bonchev–Trinajstić information content (AvgIpc) is 3.24. The second-order valence-corrected chi connectivity index (χ2v) is 10.3. The van der Waals surface area contributed by atoms with Crippen molar-refractivity contribution < 1.29 is 4.79 Å². The molecule has 2 N–H and O–H groups in total. The van der Waals surface area contributed by atoms with Crippen molar-refractivity contribution in [3.63, 3.8) is 0 Å². The minimum absolute atomic E-state index is 0. The standard InChI is InChI=1S/C25H37ClN2O.CH2/c26-23-12-11-19(8-5-15-27-21-9-1-2-10-21)16-22(23)24(29)28-18-25-13-3-6-20(17-25)7-4-14-25;/h11-12,16,20-21,27H,1-10,13-15,17-18H2,(H,28,29);1H2. The third-order valence-electron chi connectivity index (χ3n) is 7.69. The lowest BCUT2D eigenvalue weighted by Crippen LogP contribution is -2.43. The van der Waals surface area contributed by atoms with E-state index < -0.39 is 0 Å². The summed E-state index contributed by atoms with van der Waals surface area (Å²) in [6.45, 7) is 1.87. The summed E-state index contributed by atoms with van der Waals surface area (Å²) in [6.07, 6.45) is 16.7. The molecule has 30 heavy (non-hydrogen) atoms. The molecule has 0 aromatic heterocycles. The largest absolute Gasteiger partial charge is 0.351 e. The molecule has 3 nitrogen and oxygen atoms in total. The van der Waals surface area contributed by atoms with Crippen LogP contribution in [0.25, 0.3) is 0 Å². The molecule has 4 rings (SSSR count). The lowest BCUT2D eigenvalue weighted by atomic mass is 9.62. The van der Waals surface area contributed by atoms with Gasteiger partial charge in [0.25, 0.3) is 5.91 Å². The van der Waals surface area contributed by atoms with Crippen LogP contribution in [0.15, 0.2) is 18.2 Å². The molecular weight excluding hydrogens is 392 g/mol. The number of amides is 1. The van der Waals surface area contributed by atoms with Gasteiger partial charge in [-0.05, 0) is 80.5 Å². The number of aryl methyl sites for hydroxylation is 1. The smallest absolute Gasteiger partial charge is 0.252 e. The van der Waals surface area contributed by atoms with Crippen LogP contribution in [0.4, 0.5) is 0 Å². The predicted octanol–water partition coefficient (Wildman–Crippen LogP) is 6.22. The van der Waals surface area contributed by atoms with Crippen LogP contribution in [0.3, 0.4) is 0 Å². The molecule has 2 radical (unpaired) electrons. The molecular formula is C26H39ClN2O. The molecule has 0 heterocycles. The Morgan fingerprint density at radius 1 is 1.07 bits per heavy atom. The van der Waals surface area contributed by atoms with E-state index in [1.54, 1.807) is 0 Å². The fourth-order valence-electron chi connectivity index (χ4n) is 6.06. The zero-order valence-electron chi connectivity index (χ0n) is 18.5. The number of halogens is 1. The topological polar surface area (TPSA) is 41.1 Å². The monoisotopic (exact) mass is 430 g/mol. The Bertz CT molecular complexity index is 688. The maximum Gasteiger partial charge on any atom is 0.252 e. The van der Waals surface area contributed by atoms with E-state index in [2.05, 4.69) is 16.7 Å². The summed E-state index contributed by atoms with van der Waals surface area (Å²) in [4.78, 5) is 12.9. The number of carbonyl (C=O) groups excluding carboxylic acids is 1. The highest BCUT2D eigenvalue weighted by Gasteiger charge is 2.39. The van der Waals surface area contributed by atoms with Gasteiger partial charge in [-0.15, -0.1) is 0 Å². The van der Waals surface area contributed by atoms with Crippen LogP contribution in [0.1, 0.15) is 93.0 Å². The van der Waals surface area contributed by atoms with Crippen LogP contribution in [0.5, 0.6) is 0 Å². The normalized spacial score (nSPS) is 26.2. The van der Waals surface area contributed by atoms with E-state index in [9.17, 15) is 4.79 Å². The first kappa shape index (κ1) is 23.6. The van der Waals surface area contributed by atoms with E-state index in [0.29, 0.717) is 16.0 Å². The number of nitrogens with one attached hydrogen (secondary N) is 2. The first-order valence-electron chi connectivity index (χ1n) is 11.9. The summed E-state index contributed by atoms with van der Waals surface area (Å²) in [5.41, 5.74) is 2.20. The van der Waals surface area contributed by atoms with Gasteiger partial charge in [0.15, 0.2) is 0 Å². The minimum atomic E-state index is 0. The molecule has 166 valence electrons. The molecule has 2 bridgehead atoms. The fraction of sp³-hybridized carbons (Fsp3) is 0.692. The van der Waals surface area contributed by atoms with Gasteiger partial charge in [-0.3, -0.25) is 4.79 Å². The maximum atomic E-state index is 12.9. The van der Waals surface area contributed by atoms with E-state index in [4.69, 9.17) is 11.6 Å². The number of hydrogen-bond acceptors (Lipinski definition) is 2. The Kier molecular flexibility index (Phi) is 8.65. The van der Waals surface area contributed by atoms with Gasteiger partial charge < -0.3 is 10.6 Å². The van der Waals surface area contributed by atoms with Crippen LogP contribution in [-0.4, -0.2) is 25.0 Å². The molecule has 3 fully saturated rings. The van der Waals surface area contributed by atoms with Gasteiger partial charge in [0.05, 0.1) is 10.6 Å². The van der Waals surface area contributed by atoms with Gasteiger partial charge in [0, 0.05) is 12.6 Å². The van der Waals surface area contributed by atoms with E-state index in [1.807, 2.05) is 12.1 Å². The Morgan fingerprint density at radius 3 is 2.53 bits per heavy atom. The SMILES string of the molecule is O=C(NCC12CCCC(CCC1)C2)c1cc(CCCNC2CCCC2)ccc1Cl.[CH2]. The highest BCUT2D eigenvalue weighted by atomic mass is 35.5. The molecule has 0 saturated heterocycles. The zero-order chi connectivity index (χ0) is 20.1. The van der Waals surface area contributed by atoms with Crippen molar-refractivity contribution in [2.24, 2.45) is 11.3 Å². The number of rotatable bonds is 8. The Morgan fingerprint density at radius 2 is 1.80 bits per heavy atom. The number of hydrogen-bond donors (Lipinski definition) is 2. The lowest BCUT2D eigenvalue weighted by Gasteiger charge is -2.45. The molecule has 3 aliphatic carbocycles. The van der Waals surface area contributed by atoms with Crippen LogP contribution in [0, 0.1) is 18.8 Å². The number of fused-ring (bicyclic) bond motifs is 2. The van der Waals surface area contributed by atoms with Crippen molar-refractivity contribution in [3.05, 3.63) is 41.8 Å². The quantitative estimate of drug-likeness (QED) is 0.480. The highest BCUT2D eigenvalue weighted by Crippen LogP contribution is 2.48. The molecule has 1 aromatic carbocycles. The van der Waals surface area contributed by atoms with E-state index in [1.165, 1.54) is 76.2 Å². The number of benzene rings is 1. The van der Waals surface area contributed by atoms with Gasteiger partial charge in [0.2, 0.25) is 0 Å². The Labute approximate surface area is 188 Å². The van der Waals surface area contributed by atoms with Crippen LogP contribution in [-0.2, 0) is 6.42 Å². The molecule has 0 unspecified atom stereocenters. The van der Waals surface area contributed by atoms with Gasteiger partial charge in [-0.25, -0.2) is 0 Å². The second kappa shape index (κ2) is 11.0. The van der Waals surface area contributed by atoms with Crippen LogP contribution in [0.2, 0.25) is 5.02 Å². The molecule has 4 heteroatoms. The Hall–Kier alpha value is -1.06. The van der Waals surface area contributed by atoms with Crippen LogP contribution < -0.4 is 10.6 Å². The second-order valence-electron chi connectivity index (χ2n) is 9.89. The molecule has 3 saturated carbocycles. The average molecular weight is 431 g/mol. The fourth-order valence-corrected chi connectivity index (χ4v) is 6.27. The van der Waals surface area contributed by atoms with Crippen molar-refractivity contribution >= 4 is 17.5 Å². The summed E-state index contributed by atoms with van der Waals surface area (Å²) >= 11 is 6.39. The third kappa shape index (κ3) is 6.01. The van der Waals surface area contributed by atoms with Crippen LogP contribution >= 0.6 is 11.6 Å². The summed E-state index contributed by atoms with van der Waals surface area (Å²) in [7, 11) is 0. The minimum Gasteiger partial charge on any atom is -0.351 e. The van der Waals surface area contributed by atoms with E-state index >= 15 is 0 Å². The summed E-state index contributed by atoms with van der Waals surface area (Å²) in [5, 5.41) is 7.49. The molecule has 3 aliphatic rings. The molecule has 1 aromatic rings. The molecule has 0 spiro atoms. The van der Waals surface area contributed by atoms with Crippen molar-refractivity contribution in [3.8, 4) is 0 Å². The summed E-state index contributed by atoms with van der Waals surface area (Å²) in [5.74, 6) is 0.891. The highest BCUT2D eigenvalue weighted by molar-refractivity contribution is 6.33. The van der Waals surface area contributed by atoms with Gasteiger partial charge in [-0.1, -0.05) is 63.6 Å². The van der Waals surface area contributed by atoms with Gasteiger partial charge >= 0.3 is 0 Å². The third-order valence-corrected chi connectivity index (χ3v) is 8.02. The molecule has 0 atom stereocenters. The molecule has 1 amide bonds. The van der Waals surface area contributed by atoms with E-state index in [-0.39, 0.29) is 13.3 Å². The lowest BCUT2D eigenvalue weighted by molar-refractivity contribution is 0.0682. The maximum absolute atomic E-state index is 12.9. The summed E-state index contributed by atoms with van der Waals surface area (Å²) in [6, 6.07) is 6.70. The van der Waals surface area contributed by atoms with Crippen molar-refractivity contribution in [1.29, 1.82) is 0 Å². The first-order chi connectivity index (χ1) is 14.1. The zero-order valence-corrected chi connectivity index (χ0v) is 19.2. The molecule has 0 aliphatic heterocycles. The predicted molar refractivity (Wildman–Crippen MR) is 126 cm³/mol. The van der Waals surface area contributed by atoms with Crippen molar-refractivity contribution in [1.82, 2.24) is 10.6 Å².